The first-order valence-corrected chi connectivity index (χ1v) is 7.10. The summed E-state index contributed by atoms with van der Waals surface area (Å²) in [7, 11) is 0. The highest BCUT2D eigenvalue weighted by Gasteiger charge is 2.39. The van der Waals surface area contributed by atoms with Crippen LogP contribution in [-0.4, -0.2) is 10.9 Å². The van der Waals surface area contributed by atoms with Crippen LogP contribution in [0.25, 0.3) is 0 Å². The molecule has 1 N–H and O–H groups in total. The first kappa shape index (κ1) is 15.1. The van der Waals surface area contributed by atoms with Gasteiger partial charge in [-0.25, -0.2) is 4.79 Å². The zero-order chi connectivity index (χ0) is 16.4. The number of esters is 1. The third-order valence-electron chi connectivity index (χ3n) is 3.40. The highest BCUT2D eigenvalue weighted by atomic mass is 35.5. The van der Waals surface area contributed by atoms with Crippen molar-refractivity contribution in [3.8, 4) is 0 Å². The Morgan fingerprint density at radius 1 is 1.22 bits per heavy atom. The predicted octanol–water partition coefficient (Wildman–Crippen LogP) is 3.78. The lowest BCUT2D eigenvalue weighted by atomic mass is 10.0. The average molecular weight is 331 g/mol. The van der Waals surface area contributed by atoms with E-state index in [4.69, 9.17) is 16.3 Å². The number of nitrogens with zero attached hydrogens (tertiary/aromatic N) is 1. The van der Waals surface area contributed by atoms with Crippen LogP contribution in [0.4, 0.5) is 5.69 Å². The van der Waals surface area contributed by atoms with Gasteiger partial charge >= 0.3 is 11.7 Å². The van der Waals surface area contributed by atoms with Crippen LogP contribution in [-0.2, 0) is 4.74 Å². The van der Waals surface area contributed by atoms with Crippen LogP contribution < -0.4 is 5.32 Å². The zero-order valence-corrected chi connectivity index (χ0v) is 12.5. The maximum atomic E-state index is 11.8. The van der Waals surface area contributed by atoms with Crippen LogP contribution in [0, 0.1) is 10.1 Å². The van der Waals surface area contributed by atoms with Gasteiger partial charge < -0.3 is 10.1 Å². The number of nitro groups is 1. The fourth-order valence-corrected chi connectivity index (χ4v) is 2.42. The first-order chi connectivity index (χ1) is 11.1. The number of benzene rings is 2. The van der Waals surface area contributed by atoms with E-state index in [0.29, 0.717) is 21.8 Å². The molecule has 2 aromatic rings. The van der Waals surface area contributed by atoms with Crippen molar-refractivity contribution in [1.82, 2.24) is 0 Å². The topological polar surface area (TPSA) is 81.5 Å². The van der Waals surface area contributed by atoms with Gasteiger partial charge in [-0.1, -0.05) is 29.8 Å². The molecular weight excluding hydrogens is 320 g/mol. The van der Waals surface area contributed by atoms with Gasteiger partial charge in [0, 0.05) is 16.3 Å². The number of carbonyl (C=O) groups excluding carboxylic acids is 1. The molecule has 7 heteroatoms. The van der Waals surface area contributed by atoms with Gasteiger partial charge in [0.2, 0.25) is 6.10 Å². The van der Waals surface area contributed by atoms with Gasteiger partial charge in [-0.05, 0) is 30.3 Å². The van der Waals surface area contributed by atoms with Crippen LogP contribution in [0.3, 0.4) is 0 Å². The number of halogens is 1. The number of rotatable bonds is 4. The van der Waals surface area contributed by atoms with Crippen LogP contribution >= 0.6 is 11.6 Å². The summed E-state index contributed by atoms with van der Waals surface area (Å²) in [6, 6.07) is 13.3. The Kier molecular flexibility index (Phi) is 3.99. The molecule has 2 aromatic carbocycles. The Bertz CT molecular complexity index is 802. The van der Waals surface area contributed by atoms with E-state index in [1.54, 1.807) is 48.5 Å². The summed E-state index contributed by atoms with van der Waals surface area (Å²) in [5, 5.41) is 14.7. The highest BCUT2D eigenvalue weighted by Crippen LogP contribution is 2.35. The number of carbonyl (C=O) groups is 1. The summed E-state index contributed by atoms with van der Waals surface area (Å²) >= 11 is 5.79. The molecular formula is C16H11ClN2O4. The molecule has 0 radical (unpaired) electrons. The molecule has 3 rings (SSSR count). The number of nitrogens with one attached hydrogen (secondary N) is 1. The van der Waals surface area contributed by atoms with Crippen molar-refractivity contribution in [2.24, 2.45) is 0 Å². The van der Waals surface area contributed by atoms with Crippen molar-refractivity contribution in [2.75, 3.05) is 5.32 Å². The molecule has 0 saturated carbocycles. The fourth-order valence-electron chi connectivity index (χ4n) is 2.29. The summed E-state index contributed by atoms with van der Waals surface area (Å²) < 4.78 is 5.15. The van der Waals surface area contributed by atoms with Crippen molar-refractivity contribution in [3.63, 3.8) is 0 Å². The van der Waals surface area contributed by atoms with Gasteiger partial charge in [-0.3, -0.25) is 10.1 Å². The molecule has 116 valence electrons. The Balaban J connectivity index is 1.91. The second-order valence-corrected chi connectivity index (χ2v) is 5.29. The third-order valence-corrected chi connectivity index (χ3v) is 3.65. The maximum absolute atomic E-state index is 11.8. The lowest BCUT2D eigenvalue weighted by Gasteiger charge is -2.08. The molecule has 1 heterocycles. The second-order valence-electron chi connectivity index (χ2n) is 4.85. The lowest BCUT2D eigenvalue weighted by molar-refractivity contribution is -0.436. The normalized spacial score (nSPS) is 16.7. The van der Waals surface area contributed by atoms with E-state index in [2.05, 4.69) is 5.32 Å². The Labute approximate surface area is 136 Å². The average Bonchev–Trinajstić information content (AvgIpc) is 2.87. The maximum Gasteiger partial charge on any atom is 0.339 e. The number of hydrogen-bond acceptors (Lipinski definition) is 5. The molecule has 0 bridgehead atoms. The van der Waals surface area contributed by atoms with E-state index in [0.717, 1.165) is 0 Å². The van der Waals surface area contributed by atoms with Gasteiger partial charge in [-0.2, -0.15) is 0 Å². The SMILES string of the molecule is O=C1OC(/C(=C\Nc2ccc(Cl)cc2)[N+](=O)[O-])c2ccccc21. The Morgan fingerprint density at radius 2 is 1.91 bits per heavy atom. The number of cyclic esters (lactones) is 1. The van der Waals surface area contributed by atoms with Crippen molar-refractivity contribution >= 4 is 23.3 Å². The van der Waals surface area contributed by atoms with Crippen molar-refractivity contribution in [1.29, 1.82) is 0 Å². The monoisotopic (exact) mass is 330 g/mol. The Hall–Kier alpha value is -2.86. The van der Waals surface area contributed by atoms with Crippen LogP contribution in [0.5, 0.6) is 0 Å². The highest BCUT2D eigenvalue weighted by molar-refractivity contribution is 6.30. The lowest BCUT2D eigenvalue weighted by Crippen LogP contribution is -2.12. The summed E-state index contributed by atoms with van der Waals surface area (Å²) in [4.78, 5) is 22.6. The molecule has 1 atom stereocenters. The van der Waals surface area contributed by atoms with Gasteiger partial charge in [0.1, 0.15) is 0 Å². The first-order valence-electron chi connectivity index (χ1n) is 6.73. The van der Waals surface area contributed by atoms with Gasteiger partial charge in [0.25, 0.3) is 0 Å². The zero-order valence-electron chi connectivity index (χ0n) is 11.7. The molecule has 0 aliphatic carbocycles. The molecule has 1 aliphatic heterocycles. The second kappa shape index (κ2) is 6.10. The van der Waals surface area contributed by atoms with Gasteiger partial charge in [-0.15, -0.1) is 0 Å². The van der Waals surface area contributed by atoms with Crippen molar-refractivity contribution < 1.29 is 14.5 Å². The smallest absolute Gasteiger partial charge is 0.339 e. The minimum absolute atomic E-state index is 0.252. The summed E-state index contributed by atoms with van der Waals surface area (Å²) in [6.07, 6.45) is 0.192. The van der Waals surface area contributed by atoms with E-state index in [9.17, 15) is 14.9 Å². The molecule has 0 amide bonds. The quantitative estimate of drug-likeness (QED) is 0.524. The number of anilines is 1. The number of hydrogen-bond donors (Lipinski definition) is 1. The third kappa shape index (κ3) is 3.02. The molecule has 6 nitrogen and oxygen atoms in total. The van der Waals surface area contributed by atoms with E-state index in [-0.39, 0.29) is 5.70 Å². The molecule has 1 aliphatic rings. The Morgan fingerprint density at radius 3 is 2.61 bits per heavy atom. The molecule has 1 unspecified atom stereocenters. The van der Waals surface area contributed by atoms with Crippen LogP contribution in [0.15, 0.2) is 60.4 Å². The van der Waals surface area contributed by atoms with E-state index in [1.807, 2.05) is 0 Å². The van der Waals surface area contributed by atoms with Crippen molar-refractivity contribution in [3.05, 3.63) is 86.7 Å². The van der Waals surface area contributed by atoms with E-state index < -0.39 is 17.0 Å². The largest absolute Gasteiger partial charge is 0.442 e. The molecule has 23 heavy (non-hydrogen) atoms. The van der Waals surface area contributed by atoms with E-state index >= 15 is 0 Å². The summed E-state index contributed by atoms with van der Waals surface area (Å²) in [5.41, 5.74) is 1.21. The fraction of sp³-hybridized carbons (Fsp3) is 0.0625. The minimum atomic E-state index is -1.03. The predicted molar refractivity (Wildman–Crippen MR) is 84.8 cm³/mol. The standard InChI is InChI=1S/C16H11ClN2O4/c17-10-5-7-11(8-6-10)18-9-14(19(21)22)15-12-3-1-2-4-13(12)16(20)23-15/h1-9,15,18H/b14-9+. The van der Waals surface area contributed by atoms with Crippen LogP contribution in [0.2, 0.25) is 5.02 Å². The van der Waals surface area contributed by atoms with Crippen LogP contribution in [0.1, 0.15) is 22.0 Å². The van der Waals surface area contributed by atoms with Gasteiger partial charge in [0.15, 0.2) is 0 Å². The van der Waals surface area contributed by atoms with Gasteiger partial charge in [0.05, 0.1) is 16.7 Å². The summed E-state index contributed by atoms with van der Waals surface area (Å²) in [6.45, 7) is 0. The number of fused-ring (bicyclic) bond motifs is 1. The molecule has 0 fully saturated rings. The molecule has 0 saturated heterocycles. The molecule has 0 aromatic heterocycles. The van der Waals surface area contributed by atoms with E-state index in [1.165, 1.54) is 6.20 Å². The number of ether oxygens (including phenoxy) is 1. The van der Waals surface area contributed by atoms with Crippen molar-refractivity contribution in [2.45, 2.75) is 6.10 Å². The molecule has 0 spiro atoms. The minimum Gasteiger partial charge on any atom is -0.442 e. The summed E-state index contributed by atoms with van der Waals surface area (Å²) in [5.74, 6) is -0.565.